The van der Waals surface area contributed by atoms with E-state index < -0.39 is 0 Å². The highest BCUT2D eigenvalue weighted by Gasteiger charge is 2.55. The SMILES string of the molecule is COC1CCN(C(C)(CN)C2(C)CC2)CC1. The van der Waals surface area contributed by atoms with E-state index in [9.17, 15) is 0 Å². The normalized spacial score (nSPS) is 30.0. The molecule has 2 rings (SSSR count). The lowest BCUT2D eigenvalue weighted by Crippen LogP contribution is -2.59. The van der Waals surface area contributed by atoms with Gasteiger partial charge in [-0.1, -0.05) is 6.92 Å². The van der Waals surface area contributed by atoms with Gasteiger partial charge in [-0.2, -0.15) is 0 Å². The number of ether oxygens (including phenoxy) is 1. The van der Waals surface area contributed by atoms with Gasteiger partial charge in [-0.15, -0.1) is 0 Å². The van der Waals surface area contributed by atoms with Crippen LogP contribution in [0.5, 0.6) is 0 Å². The first-order chi connectivity index (χ1) is 7.55. The lowest BCUT2D eigenvalue weighted by molar-refractivity contribution is -0.0208. The maximum Gasteiger partial charge on any atom is 0.0595 e. The Hall–Kier alpha value is -0.120. The molecule has 1 aliphatic heterocycles. The highest BCUT2D eigenvalue weighted by molar-refractivity contribution is 5.10. The molecule has 1 unspecified atom stereocenters. The first-order valence-corrected chi connectivity index (χ1v) is 6.54. The van der Waals surface area contributed by atoms with Crippen LogP contribution in [0.25, 0.3) is 0 Å². The Balaban J connectivity index is 2.01. The Morgan fingerprint density at radius 1 is 1.38 bits per heavy atom. The predicted octanol–water partition coefficient (Wildman–Crippen LogP) is 1.61. The van der Waals surface area contributed by atoms with Crippen LogP contribution in [0.1, 0.15) is 39.5 Å². The molecule has 94 valence electrons. The average molecular weight is 226 g/mol. The van der Waals surface area contributed by atoms with E-state index in [-0.39, 0.29) is 5.54 Å². The second-order valence-electron chi connectivity index (χ2n) is 5.96. The molecule has 2 fully saturated rings. The zero-order valence-electron chi connectivity index (χ0n) is 11.0. The monoisotopic (exact) mass is 226 g/mol. The van der Waals surface area contributed by atoms with Crippen molar-refractivity contribution in [1.29, 1.82) is 0 Å². The van der Waals surface area contributed by atoms with Gasteiger partial charge in [-0.25, -0.2) is 0 Å². The van der Waals surface area contributed by atoms with Crippen molar-refractivity contribution in [2.75, 3.05) is 26.7 Å². The van der Waals surface area contributed by atoms with Crippen molar-refractivity contribution in [3.63, 3.8) is 0 Å². The van der Waals surface area contributed by atoms with Crippen molar-refractivity contribution in [2.45, 2.75) is 51.2 Å². The molecule has 1 saturated heterocycles. The van der Waals surface area contributed by atoms with Crippen LogP contribution in [0.2, 0.25) is 0 Å². The Morgan fingerprint density at radius 2 is 1.94 bits per heavy atom. The van der Waals surface area contributed by atoms with Crippen LogP contribution < -0.4 is 5.73 Å². The standard InChI is InChI=1S/C13H26N2O/c1-12(6-7-12)13(2,10-14)15-8-4-11(16-3)5-9-15/h11H,4-10,14H2,1-3H3. The lowest BCUT2D eigenvalue weighted by atomic mass is 9.81. The first kappa shape index (κ1) is 12.3. The fourth-order valence-corrected chi connectivity index (χ4v) is 3.07. The zero-order chi connectivity index (χ0) is 11.8. The van der Waals surface area contributed by atoms with Gasteiger partial charge < -0.3 is 10.5 Å². The van der Waals surface area contributed by atoms with E-state index in [4.69, 9.17) is 10.5 Å². The molecule has 0 radical (unpaired) electrons. The van der Waals surface area contributed by atoms with Crippen LogP contribution in [0.4, 0.5) is 0 Å². The Morgan fingerprint density at radius 3 is 2.31 bits per heavy atom. The van der Waals surface area contributed by atoms with Gasteiger partial charge in [0.2, 0.25) is 0 Å². The largest absolute Gasteiger partial charge is 0.381 e. The van der Waals surface area contributed by atoms with Crippen LogP contribution >= 0.6 is 0 Å². The number of rotatable bonds is 4. The molecule has 1 heterocycles. The van der Waals surface area contributed by atoms with Gasteiger partial charge in [-0.05, 0) is 38.0 Å². The summed E-state index contributed by atoms with van der Waals surface area (Å²) in [7, 11) is 1.82. The summed E-state index contributed by atoms with van der Waals surface area (Å²) < 4.78 is 5.43. The van der Waals surface area contributed by atoms with E-state index >= 15 is 0 Å². The molecule has 1 atom stereocenters. The third-order valence-electron chi connectivity index (χ3n) is 5.17. The van der Waals surface area contributed by atoms with Gasteiger partial charge in [0.05, 0.1) is 6.10 Å². The molecule has 1 saturated carbocycles. The second kappa shape index (κ2) is 4.28. The summed E-state index contributed by atoms with van der Waals surface area (Å²) in [5.74, 6) is 0. The van der Waals surface area contributed by atoms with Crippen molar-refractivity contribution in [3.05, 3.63) is 0 Å². The van der Waals surface area contributed by atoms with E-state index in [0.717, 1.165) is 32.5 Å². The number of methoxy groups -OCH3 is 1. The lowest BCUT2D eigenvalue weighted by Gasteiger charge is -2.48. The molecule has 0 amide bonds. The summed E-state index contributed by atoms with van der Waals surface area (Å²) in [6.45, 7) is 7.81. The van der Waals surface area contributed by atoms with Gasteiger partial charge in [-0.3, -0.25) is 4.90 Å². The molecule has 0 aromatic heterocycles. The van der Waals surface area contributed by atoms with Crippen LogP contribution in [0.3, 0.4) is 0 Å². The van der Waals surface area contributed by atoms with E-state index in [1.165, 1.54) is 12.8 Å². The molecule has 16 heavy (non-hydrogen) atoms. The molecular formula is C13H26N2O. The summed E-state index contributed by atoms with van der Waals surface area (Å²) in [5, 5.41) is 0. The first-order valence-electron chi connectivity index (χ1n) is 6.54. The number of hydrogen-bond donors (Lipinski definition) is 1. The maximum absolute atomic E-state index is 6.06. The van der Waals surface area contributed by atoms with Crippen LogP contribution in [0.15, 0.2) is 0 Å². The maximum atomic E-state index is 6.06. The van der Waals surface area contributed by atoms with Gasteiger partial charge in [0.15, 0.2) is 0 Å². The summed E-state index contributed by atoms with van der Waals surface area (Å²) in [4.78, 5) is 2.61. The quantitative estimate of drug-likeness (QED) is 0.791. The minimum Gasteiger partial charge on any atom is -0.381 e. The van der Waals surface area contributed by atoms with Crippen molar-refractivity contribution in [2.24, 2.45) is 11.1 Å². The Labute approximate surface area is 99.3 Å². The third-order valence-corrected chi connectivity index (χ3v) is 5.17. The number of nitrogens with zero attached hydrogens (tertiary/aromatic N) is 1. The molecular weight excluding hydrogens is 200 g/mol. The summed E-state index contributed by atoms with van der Waals surface area (Å²) >= 11 is 0. The molecule has 0 bridgehead atoms. The highest BCUT2D eigenvalue weighted by Crippen LogP contribution is 2.55. The Kier molecular flexibility index (Phi) is 3.30. The van der Waals surface area contributed by atoms with E-state index in [1.54, 1.807) is 0 Å². The fraction of sp³-hybridized carbons (Fsp3) is 1.00. The van der Waals surface area contributed by atoms with Crippen molar-refractivity contribution in [3.8, 4) is 0 Å². The number of hydrogen-bond acceptors (Lipinski definition) is 3. The molecule has 1 aliphatic carbocycles. The van der Waals surface area contributed by atoms with Crippen molar-refractivity contribution >= 4 is 0 Å². The number of piperidine rings is 1. The van der Waals surface area contributed by atoms with Gasteiger partial charge >= 0.3 is 0 Å². The van der Waals surface area contributed by atoms with E-state index in [1.807, 2.05) is 7.11 Å². The second-order valence-corrected chi connectivity index (χ2v) is 5.96. The molecule has 0 spiro atoms. The molecule has 3 heteroatoms. The predicted molar refractivity (Wildman–Crippen MR) is 66.4 cm³/mol. The summed E-state index contributed by atoms with van der Waals surface area (Å²) in [6.07, 6.45) is 5.45. The van der Waals surface area contributed by atoms with Crippen molar-refractivity contribution < 1.29 is 4.74 Å². The van der Waals surface area contributed by atoms with E-state index in [0.29, 0.717) is 11.5 Å². The van der Waals surface area contributed by atoms with Crippen LogP contribution in [-0.2, 0) is 4.74 Å². The minimum atomic E-state index is 0.200. The van der Waals surface area contributed by atoms with Gasteiger partial charge in [0.25, 0.3) is 0 Å². The number of nitrogens with two attached hydrogens (primary N) is 1. The average Bonchev–Trinajstić information content (AvgIpc) is 3.08. The van der Waals surface area contributed by atoms with Gasteiger partial charge in [0.1, 0.15) is 0 Å². The summed E-state index contributed by atoms with van der Waals surface area (Å²) in [5.41, 5.74) is 6.72. The van der Waals surface area contributed by atoms with E-state index in [2.05, 4.69) is 18.7 Å². The molecule has 2 aliphatic rings. The smallest absolute Gasteiger partial charge is 0.0595 e. The molecule has 0 aromatic carbocycles. The third kappa shape index (κ3) is 1.89. The fourth-order valence-electron chi connectivity index (χ4n) is 3.07. The zero-order valence-corrected chi connectivity index (χ0v) is 11.0. The molecule has 2 N–H and O–H groups in total. The molecule has 0 aromatic rings. The Bertz CT molecular complexity index is 244. The topological polar surface area (TPSA) is 38.5 Å². The highest BCUT2D eigenvalue weighted by atomic mass is 16.5. The number of likely N-dealkylation sites (tertiary alicyclic amines) is 1. The van der Waals surface area contributed by atoms with Crippen LogP contribution in [-0.4, -0.2) is 43.3 Å². The summed E-state index contributed by atoms with van der Waals surface area (Å²) in [6, 6.07) is 0. The minimum absolute atomic E-state index is 0.200. The van der Waals surface area contributed by atoms with Crippen molar-refractivity contribution in [1.82, 2.24) is 4.90 Å². The van der Waals surface area contributed by atoms with Gasteiger partial charge in [0, 0.05) is 32.3 Å². The van der Waals surface area contributed by atoms with Crippen LogP contribution in [0, 0.1) is 5.41 Å². The molecule has 3 nitrogen and oxygen atoms in total.